The first kappa shape index (κ1) is 19.4. The van der Waals surface area contributed by atoms with Gasteiger partial charge in [0.1, 0.15) is 0 Å². The Balaban J connectivity index is 2.31. The van der Waals surface area contributed by atoms with E-state index in [1.165, 1.54) is 7.11 Å². The molecular formula is C21H28O3Si. The molecule has 2 aromatic rings. The molecule has 3 nitrogen and oxygen atoms in total. The van der Waals surface area contributed by atoms with Gasteiger partial charge < -0.3 is 9.16 Å². The quantitative estimate of drug-likeness (QED) is 0.517. The maximum absolute atomic E-state index is 12.3. The molecule has 0 N–H and O–H groups in total. The number of methoxy groups -OCH3 is 1. The number of esters is 1. The maximum Gasteiger partial charge on any atom is 0.338 e. The monoisotopic (exact) mass is 356 g/mol. The van der Waals surface area contributed by atoms with E-state index in [1.54, 1.807) is 0 Å². The van der Waals surface area contributed by atoms with Crippen LogP contribution in [-0.4, -0.2) is 21.4 Å². The molecule has 2 aromatic carbocycles. The van der Waals surface area contributed by atoms with Crippen LogP contribution in [0.3, 0.4) is 0 Å². The van der Waals surface area contributed by atoms with Crippen molar-refractivity contribution in [3.8, 4) is 11.1 Å². The summed E-state index contributed by atoms with van der Waals surface area (Å²) in [5.74, 6) is -0.350. The molecule has 0 aliphatic rings. The average Bonchev–Trinajstić information content (AvgIpc) is 2.59. The highest BCUT2D eigenvalue weighted by Crippen LogP contribution is 2.40. The van der Waals surface area contributed by atoms with Crippen molar-refractivity contribution in [2.75, 3.05) is 7.11 Å². The summed E-state index contributed by atoms with van der Waals surface area (Å²) in [6.45, 7) is 10.8. The Morgan fingerprint density at radius 1 is 0.920 bits per heavy atom. The van der Waals surface area contributed by atoms with E-state index < -0.39 is 14.4 Å². The van der Waals surface area contributed by atoms with Crippen molar-refractivity contribution in [2.45, 2.75) is 45.0 Å². The second-order valence-electron chi connectivity index (χ2n) is 7.77. The van der Waals surface area contributed by atoms with Gasteiger partial charge in [-0.15, -0.1) is 0 Å². The number of hydrogen-bond donors (Lipinski definition) is 0. The van der Waals surface area contributed by atoms with Crippen molar-refractivity contribution in [3.63, 3.8) is 0 Å². The molecule has 0 amide bonds. The van der Waals surface area contributed by atoms with E-state index in [-0.39, 0.29) is 11.0 Å². The minimum Gasteiger partial charge on any atom is -0.467 e. The van der Waals surface area contributed by atoms with E-state index >= 15 is 0 Å². The van der Waals surface area contributed by atoms with Crippen molar-refractivity contribution in [1.82, 2.24) is 0 Å². The van der Waals surface area contributed by atoms with Crippen LogP contribution in [0.2, 0.25) is 18.1 Å². The summed E-state index contributed by atoms with van der Waals surface area (Å²) in [6.07, 6.45) is -0.685. The standard InChI is InChI=1S/C21H28O3Si/c1-21(2,3)25(5,6)24-19(20(22)23-4)18-14-12-17(13-15-18)16-10-8-7-9-11-16/h7-15,19H,1-6H3. The van der Waals surface area contributed by atoms with Crippen LogP contribution in [0.5, 0.6) is 0 Å². The molecule has 2 rings (SSSR count). The molecule has 0 fully saturated rings. The van der Waals surface area contributed by atoms with Crippen LogP contribution in [0.1, 0.15) is 32.4 Å². The Morgan fingerprint density at radius 3 is 1.92 bits per heavy atom. The van der Waals surface area contributed by atoms with Crippen LogP contribution in [0, 0.1) is 0 Å². The highest BCUT2D eigenvalue weighted by molar-refractivity contribution is 6.74. The summed E-state index contributed by atoms with van der Waals surface area (Å²) in [5.41, 5.74) is 3.09. The summed E-state index contributed by atoms with van der Waals surface area (Å²) >= 11 is 0. The fraction of sp³-hybridized carbons (Fsp3) is 0.381. The van der Waals surface area contributed by atoms with Crippen LogP contribution < -0.4 is 0 Å². The fourth-order valence-corrected chi connectivity index (χ4v) is 3.49. The van der Waals surface area contributed by atoms with E-state index in [2.05, 4.69) is 46.0 Å². The first-order chi connectivity index (χ1) is 11.7. The van der Waals surface area contributed by atoms with Crippen molar-refractivity contribution >= 4 is 14.3 Å². The minimum atomic E-state index is -2.11. The second-order valence-corrected chi connectivity index (χ2v) is 12.5. The lowest BCUT2D eigenvalue weighted by Crippen LogP contribution is -2.43. The van der Waals surface area contributed by atoms with Gasteiger partial charge in [-0.05, 0) is 34.8 Å². The van der Waals surface area contributed by atoms with E-state index in [1.807, 2.05) is 42.5 Å². The van der Waals surface area contributed by atoms with Crippen LogP contribution >= 0.6 is 0 Å². The third-order valence-electron chi connectivity index (χ3n) is 4.95. The van der Waals surface area contributed by atoms with Gasteiger partial charge >= 0.3 is 5.97 Å². The van der Waals surface area contributed by atoms with Crippen molar-refractivity contribution in [2.24, 2.45) is 0 Å². The highest BCUT2D eigenvalue weighted by Gasteiger charge is 2.41. The lowest BCUT2D eigenvalue weighted by atomic mass is 10.0. The Hall–Kier alpha value is -1.91. The molecule has 0 aliphatic carbocycles. The van der Waals surface area contributed by atoms with Crippen LogP contribution in [0.25, 0.3) is 11.1 Å². The first-order valence-corrected chi connectivity index (χ1v) is 11.5. The highest BCUT2D eigenvalue weighted by atomic mass is 28.4. The Morgan fingerprint density at radius 2 is 1.44 bits per heavy atom. The molecule has 0 aliphatic heterocycles. The van der Waals surface area contributed by atoms with Gasteiger partial charge in [0, 0.05) is 0 Å². The molecule has 134 valence electrons. The zero-order chi connectivity index (χ0) is 18.7. The summed E-state index contributed by atoms with van der Waals surface area (Å²) in [4.78, 5) is 12.3. The van der Waals surface area contributed by atoms with Crippen molar-refractivity contribution in [3.05, 3.63) is 60.2 Å². The molecule has 25 heavy (non-hydrogen) atoms. The molecular weight excluding hydrogens is 328 g/mol. The lowest BCUT2D eigenvalue weighted by molar-refractivity contribution is -0.149. The smallest absolute Gasteiger partial charge is 0.338 e. The Labute approximate surface area is 152 Å². The summed E-state index contributed by atoms with van der Waals surface area (Å²) in [6, 6.07) is 18.1. The summed E-state index contributed by atoms with van der Waals surface area (Å²) in [7, 11) is -0.703. The lowest BCUT2D eigenvalue weighted by Gasteiger charge is -2.38. The molecule has 0 heterocycles. The largest absolute Gasteiger partial charge is 0.467 e. The minimum absolute atomic E-state index is 0.0171. The number of benzene rings is 2. The van der Waals surface area contributed by atoms with Gasteiger partial charge in [-0.1, -0.05) is 75.4 Å². The van der Waals surface area contributed by atoms with Crippen LogP contribution in [0.4, 0.5) is 0 Å². The maximum atomic E-state index is 12.3. The van der Waals surface area contributed by atoms with Crippen molar-refractivity contribution < 1.29 is 14.0 Å². The molecule has 0 saturated carbocycles. The van der Waals surface area contributed by atoms with E-state index in [9.17, 15) is 4.79 Å². The first-order valence-electron chi connectivity index (χ1n) is 8.57. The van der Waals surface area contributed by atoms with Gasteiger partial charge in [0.25, 0.3) is 0 Å². The zero-order valence-corrected chi connectivity index (χ0v) is 17.0. The topological polar surface area (TPSA) is 35.5 Å². The van der Waals surface area contributed by atoms with Gasteiger partial charge in [-0.25, -0.2) is 4.79 Å². The van der Waals surface area contributed by atoms with Gasteiger partial charge in [-0.3, -0.25) is 0 Å². The predicted octanol–water partition coefficient (Wildman–Crippen LogP) is 5.59. The average molecular weight is 357 g/mol. The number of hydrogen-bond acceptors (Lipinski definition) is 3. The number of carbonyl (C=O) groups excluding carboxylic acids is 1. The third-order valence-corrected chi connectivity index (χ3v) is 9.39. The van der Waals surface area contributed by atoms with Crippen LogP contribution in [0.15, 0.2) is 54.6 Å². The van der Waals surface area contributed by atoms with Gasteiger partial charge in [-0.2, -0.15) is 0 Å². The van der Waals surface area contributed by atoms with Crippen molar-refractivity contribution in [1.29, 1.82) is 0 Å². The number of ether oxygens (including phenoxy) is 1. The molecule has 0 radical (unpaired) electrons. The summed E-state index contributed by atoms with van der Waals surface area (Å²) in [5, 5.41) is 0.0171. The van der Waals surface area contributed by atoms with E-state index in [0.717, 1.165) is 16.7 Å². The summed E-state index contributed by atoms with van der Waals surface area (Å²) < 4.78 is 11.3. The molecule has 0 saturated heterocycles. The Kier molecular flexibility index (Phi) is 5.86. The molecule has 1 unspecified atom stereocenters. The van der Waals surface area contributed by atoms with Gasteiger partial charge in [0.2, 0.25) is 0 Å². The predicted molar refractivity (Wildman–Crippen MR) is 105 cm³/mol. The fourth-order valence-electron chi connectivity index (χ4n) is 2.31. The second kappa shape index (κ2) is 7.54. The van der Waals surface area contributed by atoms with E-state index in [4.69, 9.17) is 9.16 Å². The molecule has 1 atom stereocenters. The number of carbonyl (C=O) groups is 1. The Bertz CT molecular complexity index is 700. The molecule has 4 heteroatoms. The normalized spacial score (nSPS) is 13.4. The SMILES string of the molecule is COC(=O)C(O[Si](C)(C)C(C)(C)C)c1ccc(-c2ccccc2)cc1. The number of rotatable bonds is 5. The third kappa shape index (κ3) is 4.59. The molecule has 0 bridgehead atoms. The van der Waals surface area contributed by atoms with Crippen LogP contribution in [-0.2, 0) is 14.0 Å². The van der Waals surface area contributed by atoms with Gasteiger partial charge in [0.15, 0.2) is 14.4 Å². The van der Waals surface area contributed by atoms with Gasteiger partial charge in [0.05, 0.1) is 7.11 Å². The van der Waals surface area contributed by atoms with E-state index in [0.29, 0.717) is 0 Å². The zero-order valence-electron chi connectivity index (χ0n) is 16.0. The molecule has 0 aromatic heterocycles. The molecule has 0 spiro atoms.